The predicted octanol–water partition coefficient (Wildman–Crippen LogP) is 0.131. The van der Waals surface area contributed by atoms with Crippen LogP contribution in [0.4, 0.5) is 0 Å². The van der Waals surface area contributed by atoms with Crippen LogP contribution in [0.2, 0.25) is 0 Å². The Balaban J connectivity index is 0. The van der Waals surface area contributed by atoms with Crippen molar-refractivity contribution >= 4 is 22.6 Å². The van der Waals surface area contributed by atoms with Gasteiger partial charge in [-0.3, -0.25) is 11.3 Å². The molecule has 0 aliphatic heterocycles. The maximum atomic E-state index is 4.60. The quantitative estimate of drug-likeness (QED) is 0.245. The number of hydrogen-bond donors (Lipinski definition) is 2. The van der Waals surface area contributed by atoms with Gasteiger partial charge in [-0.1, -0.05) is 22.6 Å². The highest BCUT2D eigenvalue weighted by Gasteiger charge is 1.22. The van der Waals surface area contributed by atoms with Gasteiger partial charge in [0.1, 0.15) is 0 Å². The van der Waals surface area contributed by atoms with Crippen LogP contribution in [0.1, 0.15) is 0 Å². The van der Waals surface area contributed by atoms with Crippen LogP contribution in [0.15, 0.2) is 0 Å². The van der Waals surface area contributed by atoms with E-state index >= 15 is 0 Å². The van der Waals surface area contributed by atoms with Gasteiger partial charge in [0.15, 0.2) is 0 Å². The summed E-state index contributed by atoms with van der Waals surface area (Å²) in [6, 6.07) is 0. The van der Waals surface area contributed by atoms with E-state index in [1.54, 1.807) is 7.05 Å². The normalized spacial score (nSPS) is 4.80. The average molecular weight is 188 g/mol. The summed E-state index contributed by atoms with van der Waals surface area (Å²) < 4.78 is 0. The Morgan fingerprint density at radius 1 is 1.60 bits per heavy atom. The van der Waals surface area contributed by atoms with Crippen molar-refractivity contribution in [2.45, 2.75) is 0 Å². The number of nitrogens with one attached hydrogen (secondary N) is 1. The van der Waals surface area contributed by atoms with Gasteiger partial charge < -0.3 is 0 Å². The summed E-state index contributed by atoms with van der Waals surface area (Å²) in [4.78, 5) is 1.97. The Labute approximate surface area is 46.2 Å². The molecule has 0 aliphatic carbocycles. The number of hydrogen-bond acceptors (Lipinski definition) is 2. The molecular formula is C2H9IN2. The number of rotatable bonds is 0. The van der Waals surface area contributed by atoms with Crippen LogP contribution in [-0.2, 0) is 0 Å². The SMILES string of the molecule is CI.CNN. The second-order valence-corrected chi connectivity index (χ2v) is 0.289. The van der Waals surface area contributed by atoms with Gasteiger partial charge in [-0.25, -0.2) is 0 Å². The van der Waals surface area contributed by atoms with Crippen molar-refractivity contribution in [3.05, 3.63) is 0 Å². The van der Waals surface area contributed by atoms with Crippen molar-refractivity contribution < 1.29 is 0 Å². The fourth-order valence-electron chi connectivity index (χ4n) is 0. The Morgan fingerprint density at radius 2 is 1.60 bits per heavy atom. The minimum absolute atomic E-state index is 1.65. The first-order chi connectivity index (χ1) is 2.41. The lowest BCUT2D eigenvalue weighted by Gasteiger charge is -1.62. The molecule has 0 bridgehead atoms. The molecule has 0 saturated heterocycles. The molecule has 2 nitrogen and oxygen atoms in total. The summed E-state index contributed by atoms with van der Waals surface area (Å²) in [6.45, 7) is 0. The van der Waals surface area contributed by atoms with Crippen molar-refractivity contribution in [3.63, 3.8) is 0 Å². The molecular weight excluding hydrogens is 179 g/mol. The van der Waals surface area contributed by atoms with Crippen LogP contribution in [-0.4, -0.2) is 12.0 Å². The Morgan fingerprint density at radius 3 is 1.60 bits per heavy atom. The topological polar surface area (TPSA) is 38.0 Å². The molecule has 5 heavy (non-hydrogen) atoms. The molecule has 0 saturated carbocycles. The summed E-state index contributed by atoms with van der Waals surface area (Å²) >= 11 is 2.15. The molecule has 0 heterocycles. The smallest absolute Gasteiger partial charge is 0.00172 e. The fourth-order valence-corrected chi connectivity index (χ4v) is 0. The molecule has 0 amide bonds. The monoisotopic (exact) mass is 188 g/mol. The van der Waals surface area contributed by atoms with Gasteiger partial charge in [0.25, 0.3) is 0 Å². The molecule has 0 rings (SSSR count). The molecule has 34 valence electrons. The van der Waals surface area contributed by atoms with Crippen molar-refractivity contribution in [3.8, 4) is 0 Å². The second kappa shape index (κ2) is 22.8. The van der Waals surface area contributed by atoms with E-state index in [9.17, 15) is 0 Å². The lowest BCUT2D eigenvalue weighted by atomic mass is 11.5. The van der Waals surface area contributed by atoms with E-state index in [2.05, 4.69) is 33.9 Å². The van der Waals surface area contributed by atoms with E-state index in [-0.39, 0.29) is 0 Å². The zero-order valence-electron chi connectivity index (χ0n) is 3.46. The van der Waals surface area contributed by atoms with Crippen LogP contribution in [0.25, 0.3) is 0 Å². The number of nitrogens with two attached hydrogens (primary N) is 1. The zero-order valence-corrected chi connectivity index (χ0v) is 5.61. The third kappa shape index (κ3) is 77.3. The Kier molecular flexibility index (Phi) is 41.7. The molecule has 0 aromatic rings. The van der Waals surface area contributed by atoms with Gasteiger partial charge in [0.2, 0.25) is 0 Å². The lowest BCUT2D eigenvalue weighted by molar-refractivity contribution is 0.900. The van der Waals surface area contributed by atoms with E-state index < -0.39 is 0 Å². The van der Waals surface area contributed by atoms with Gasteiger partial charge in [0, 0.05) is 0 Å². The molecule has 0 radical (unpaired) electrons. The summed E-state index contributed by atoms with van der Waals surface area (Å²) in [5.74, 6) is 4.60. The van der Waals surface area contributed by atoms with Crippen molar-refractivity contribution in [1.29, 1.82) is 0 Å². The maximum absolute atomic E-state index is 4.60. The molecule has 0 unspecified atom stereocenters. The van der Waals surface area contributed by atoms with Gasteiger partial charge in [-0.2, -0.15) is 0 Å². The third-order valence-corrected chi connectivity index (χ3v) is 0. The maximum Gasteiger partial charge on any atom is -0.00172 e. The average Bonchev–Trinajstić information content (AvgIpc) is 1.46. The number of halogens is 1. The molecule has 3 N–H and O–H groups in total. The van der Waals surface area contributed by atoms with Crippen LogP contribution in [0.3, 0.4) is 0 Å². The first-order valence-corrected chi connectivity index (χ1v) is 3.32. The Bertz CT molecular complexity index is 7.61. The van der Waals surface area contributed by atoms with E-state index in [4.69, 9.17) is 0 Å². The molecule has 0 atom stereocenters. The highest BCUT2D eigenvalue weighted by atomic mass is 127. The van der Waals surface area contributed by atoms with E-state index in [0.29, 0.717) is 0 Å². The minimum Gasteiger partial charge on any atom is -0.272 e. The molecule has 0 aromatic carbocycles. The fraction of sp³-hybridized carbons (Fsp3) is 1.00. The van der Waals surface area contributed by atoms with Crippen molar-refractivity contribution in [1.82, 2.24) is 5.43 Å². The lowest BCUT2D eigenvalue weighted by Crippen LogP contribution is -2.13. The summed E-state index contributed by atoms with van der Waals surface area (Å²) in [6.07, 6.45) is 0. The van der Waals surface area contributed by atoms with Crippen molar-refractivity contribution in [2.75, 3.05) is 12.0 Å². The van der Waals surface area contributed by atoms with Gasteiger partial charge >= 0.3 is 0 Å². The molecule has 0 fully saturated rings. The first-order valence-electron chi connectivity index (χ1n) is 1.17. The highest BCUT2D eigenvalue weighted by molar-refractivity contribution is 14.1. The van der Waals surface area contributed by atoms with E-state index in [1.165, 1.54) is 0 Å². The number of hydrazine groups is 1. The summed E-state index contributed by atoms with van der Waals surface area (Å²) in [5, 5.41) is 0. The summed E-state index contributed by atoms with van der Waals surface area (Å²) in [7, 11) is 1.65. The largest absolute Gasteiger partial charge is 0.272 e. The standard InChI is InChI=1S/CH3I.CH6N2/c1-2;1-3-2/h1H3;3H,2H2,1H3. The van der Waals surface area contributed by atoms with Crippen LogP contribution < -0.4 is 11.3 Å². The van der Waals surface area contributed by atoms with Crippen LogP contribution in [0, 0.1) is 0 Å². The molecule has 0 spiro atoms. The van der Waals surface area contributed by atoms with Crippen LogP contribution in [0.5, 0.6) is 0 Å². The first kappa shape index (κ1) is 9.17. The molecule has 3 heteroatoms. The summed E-state index contributed by atoms with van der Waals surface area (Å²) in [5.41, 5.74) is 2.25. The Hall–Kier alpha value is 0.650. The molecule has 0 aromatic heterocycles. The zero-order chi connectivity index (χ0) is 4.71. The third-order valence-electron chi connectivity index (χ3n) is 0. The minimum atomic E-state index is 1.65. The van der Waals surface area contributed by atoms with E-state index in [1.807, 2.05) is 4.93 Å². The van der Waals surface area contributed by atoms with E-state index in [0.717, 1.165) is 0 Å². The van der Waals surface area contributed by atoms with Crippen LogP contribution >= 0.6 is 22.6 Å². The predicted molar refractivity (Wildman–Crippen MR) is 33.2 cm³/mol. The van der Waals surface area contributed by atoms with Crippen molar-refractivity contribution in [2.24, 2.45) is 5.84 Å². The molecule has 0 aliphatic rings. The second-order valence-electron chi connectivity index (χ2n) is 0.289. The highest BCUT2D eigenvalue weighted by Crippen LogP contribution is 1.48. The van der Waals surface area contributed by atoms with Gasteiger partial charge in [-0.15, -0.1) is 0 Å². The van der Waals surface area contributed by atoms with Gasteiger partial charge in [0.05, 0.1) is 0 Å². The number of alkyl halides is 1. The van der Waals surface area contributed by atoms with Gasteiger partial charge in [-0.05, 0) is 12.0 Å².